The minimum atomic E-state index is -4.04. The Labute approximate surface area is 264 Å². The highest BCUT2D eigenvalue weighted by molar-refractivity contribution is 7.92. The zero-order valence-electron chi connectivity index (χ0n) is 25.6. The summed E-state index contributed by atoms with van der Waals surface area (Å²) in [7, 11) is -2.02. The number of halogens is 1. The molecule has 236 valence electrons. The van der Waals surface area contributed by atoms with Crippen LogP contribution in [-0.2, 0) is 16.6 Å². The van der Waals surface area contributed by atoms with Crippen molar-refractivity contribution in [3.05, 3.63) is 114 Å². The lowest BCUT2D eigenvalue weighted by Crippen LogP contribution is -2.49. The van der Waals surface area contributed by atoms with Gasteiger partial charge in [0.25, 0.3) is 15.9 Å². The standard InChI is InChI=1S/C35H38FN3O5S/c1-24-20-39(25(2)23-40)35(41)32-19-30(37-45(42,43)31-16-13-29(36)14-17-31)15-18-33(32)44-34(24)22-38(3)21-26-9-11-28(12-10-26)27-7-5-4-6-8-27/h4-19,24-25,34,37,40H,20-23H2,1-3H3/t24-,25+,34-/m1/s1. The van der Waals surface area contributed by atoms with E-state index in [9.17, 15) is 22.7 Å². The maximum Gasteiger partial charge on any atom is 0.261 e. The van der Waals surface area contributed by atoms with Crippen LogP contribution < -0.4 is 9.46 Å². The molecular formula is C35H38FN3O5S. The molecule has 8 nitrogen and oxygen atoms in total. The number of aliphatic hydroxyl groups is 1. The SMILES string of the molecule is C[C@@H]1CN([C@@H](C)CO)C(=O)c2cc(NS(=O)(=O)c3ccc(F)cc3)ccc2O[C@@H]1CN(C)Cc1ccc(-c2ccccc2)cc1. The minimum absolute atomic E-state index is 0.0735. The van der Waals surface area contributed by atoms with Crippen LogP contribution in [0.4, 0.5) is 10.1 Å². The zero-order valence-corrected chi connectivity index (χ0v) is 26.4. The van der Waals surface area contributed by atoms with Gasteiger partial charge in [0.1, 0.15) is 17.7 Å². The molecular weight excluding hydrogens is 593 g/mol. The number of amides is 1. The number of aliphatic hydroxyl groups excluding tert-OH is 1. The lowest BCUT2D eigenvalue weighted by molar-refractivity contribution is 0.0341. The number of carbonyl (C=O) groups excluding carboxylic acids is 1. The fourth-order valence-corrected chi connectivity index (χ4v) is 6.50. The molecule has 2 N–H and O–H groups in total. The van der Waals surface area contributed by atoms with Gasteiger partial charge >= 0.3 is 0 Å². The first-order valence-corrected chi connectivity index (χ1v) is 16.4. The van der Waals surface area contributed by atoms with Crippen LogP contribution in [0.5, 0.6) is 5.75 Å². The number of carbonyl (C=O) groups is 1. The molecule has 0 bridgehead atoms. The molecule has 5 rings (SSSR count). The van der Waals surface area contributed by atoms with Gasteiger partial charge in [-0.1, -0.05) is 61.5 Å². The van der Waals surface area contributed by atoms with E-state index in [4.69, 9.17) is 4.74 Å². The number of fused-ring (bicyclic) bond motifs is 1. The Kier molecular flexibility index (Phi) is 9.86. The number of benzene rings is 4. The van der Waals surface area contributed by atoms with Crippen molar-refractivity contribution in [2.45, 2.75) is 37.4 Å². The Balaban J connectivity index is 1.36. The van der Waals surface area contributed by atoms with Gasteiger partial charge in [-0.2, -0.15) is 0 Å². The summed E-state index contributed by atoms with van der Waals surface area (Å²) < 4.78 is 48.2. The molecule has 1 aliphatic rings. The number of ether oxygens (including phenoxy) is 1. The van der Waals surface area contributed by atoms with Crippen LogP contribution in [0.2, 0.25) is 0 Å². The number of likely N-dealkylation sites (N-methyl/N-ethyl adjacent to an activating group) is 1. The molecule has 0 saturated heterocycles. The van der Waals surface area contributed by atoms with Crippen molar-refractivity contribution in [1.29, 1.82) is 0 Å². The van der Waals surface area contributed by atoms with Crippen molar-refractivity contribution >= 4 is 21.6 Å². The number of anilines is 1. The van der Waals surface area contributed by atoms with E-state index in [1.54, 1.807) is 17.9 Å². The van der Waals surface area contributed by atoms with Gasteiger partial charge in [0, 0.05) is 31.2 Å². The average Bonchev–Trinajstić information content (AvgIpc) is 3.03. The highest BCUT2D eigenvalue weighted by Gasteiger charge is 2.33. The molecule has 1 heterocycles. The largest absolute Gasteiger partial charge is 0.488 e. The van der Waals surface area contributed by atoms with E-state index in [0.29, 0.717) is 25.4 Å². The molecule has 0 unspecified atom stereocenters. The van der Waals surface area contributed by atoms with Crippen LogP contribution in [0.15, 0.2) is 102 Å². The summed E-state index contributed by atoms with van der Waals surface area (Å²) in [5, 5.41) is 9.97. The number of hydrogen-bond acceptors (Lipinski definition) is 6. The zero-order chi connectivity index (χ0) is 32.1. The van der Waals surface area contributed by atoms with Crippen LogP contribution in [-0.4, -0.2) is 68.1 Å². The smallest absolute Gasteiger partial charge is 0.261 e. The van der Waals surface area contributed by atoms with Crippen molar-refractivity contribution in [2.24, 2.45) is 5.92 Å². The minimum Gasteiger partial charge on any atom is -0.488 e. The van der Waals surface area contributed by atoms with Crippen molar-refractivity contribution in [1.82, 2.24) is 9.80 Å². The Hall–Kier alpha value is -4.25. The Morgan fingerprint density at radius 2 is 1.67 bits per heavy atom. The molecule has 0 fully saturated rings. The van der Waals surface area contributed by atoms with Crippen LogP contribution in [0.25, 0.3) is 11.1 Å². The Bertz CT molecular complexity index is 1720. The fourth-order valence-electron chi connectivity index (χ4n) is 5.45. The average molecular weight is 632 g/mol. The molecule has 0 radical (unpaired) electrons. The summed E-state index contributed by atoms with van der Waals surface area (Å²) in [6.45, 7) is 5.16. The lowest BCUT2D eigenvalue weighted by atomic mass is 9.99. The molecule has 1 aliphatic heterocycles. The summed E-state index contributed by atoms with van der Waals surface area (Å²) in [6.07, 6.45) is -0.305. The van der Waals surface area contributed by atoms with Crippen LogP contribution in [0.1, 0.15) is 29.8 Å². The van der Waals surface area contributed by atoms with Crippen LogP contribution in [0.3, 0.4) is 0 Å². The van der Waals surface area contributed by atoms with Gasteiger partial charge in [-0.3, -0.25) is 14.4 Å². The maximum absolute atomic E-state index is 13.8. The highest BCUT2D eigenvalue weighted by Crippen LogP contribution is 2.32. The first-order valence-electron chi connectivity index (χ1n) is 14.9. The summed E-state index contributed by atoms with van der Waals surface area (Å²) in [5.41, 5.74) is 3.81. The normalized spacial score (nSPS) is 17.6. The first-order chi connectivity index (χ1) is 21.5. The number of sulfonamides is 1. The van der Waals surface area contributed by atoms with Gasteiger partial charge in [-0.15, -0.1) is 0 Å². The molecule has 4 aromatic rings. The first kappa shape index (κ1) is 32.2. The van der Waals surface area contributed by atoms with Crippen molar-refractivity contribution in [3.8, 4) is 16.9 Å². The van der Waals surface area contributed by atoms with E-state index in [1.165, 1.54) is 24.3 Å². The highest BCUT2D eigenvalue weighted by atomic mass is 32.2. The van der Waals surface area contributed by atoms with Gasteiger partial charge in [0.15, 0.2) is 0 Å². The van der Waals surface area contributed by atoms with Crippen LogP contribution >= 0.6 is 0 Å². The molecule has 0 aliphatic carbocycles. The molecule has 3 atom stereocenters. The van der Waals surface area contributed by atoms with Crippen LogP contribution in [0, 0.1) is 11.7 Å². The molecule has 0 saturated carbocycles. The Morgan fingerprint density at radius 1 is 1.00 bits per heavy atom. The van der Waals surface area contributed by atoms with E-state index in [2.05, 4.69) is 46.0 Å². The number of rotatable bonds is 10. The third-order valence-electron chi connectivity index (χ3n) is 8.05. The van der Waals surface area contributed by atoms with E-state index < -0.39 is 21.9 Å². The van der Waals surface area contributed by atoms with Gasteiger partial charge in [0.2, 0.25) is 0 Å². The lowest BCUT2D eigenvalue weighted by Gasteiger charge is -2.38. The van der Waals surface area contributed by atoms with E-state index in [1.807, 2.05) is 32.2 Å². The number of nitrogens with zero attached hydrogens (tertiary/aromatic N) is 2. The topological polar surface area (TPSA) is 99.2 Å². The Morgan fingerprint density at radius 3 is 2.33 bits per heavy atom. The van der Waals surface area contributed by atoms with Gasteiger partial charge in [0.05, 0.1) is 23.1 Å². The van der Waals surface area contributed by atoms with Crippen molar-refractivity contribution < 1.29 is 27.4 Å². The predicted octanol–water partition coefficient (Wildman–Crippen LogP) is 5.65. The van der Waals surface area contributed by atoms with E-state index in [0.717, 1.165) is 28.8 Å². The third kappa shape index (κ3) is 7.70. The molecule has 1 amide bonds. The second-order valence-corrected chi connectivity index (χ2v) is 13.3. The monoisotopic (exact) mass is 631 g/mol. The molecule has 10 heteroatoms. The molecule has 4 aromatic carbocycles. The van der Waals surface area contributed by atoms with Crippen molar-refractivity contribution in [2.75, 3.05) is 31.5 Å². The summed E-state index contributed by atoms with van der Waals surface area (Å²) >= 11 is 0. The number of hydrogen-bond donors (Lipinski definition) is 2. The molecule has 0 spiro atoms. The number of nitrogens with one attached hydrogen (secondary N) is 1. The quantitative estimate of drug-likeness (QED) is 0.235. The summed E-state index contributed by atoms with van der Waals surface area (Å²) in [5.74, 6) is -0.662. The van der Waals surface area contributed by atoms with Crippen molar-refractivity contribution in [3.63, 3.8) is 0 Å². The molecule has 45 heavy (non-hydrogen) atoms. The molecule has 0 aromatic heterocycles. The fraction of sp³-hybridized carbons (Fsp3) is 0.286. The van der Waals surface area contributed by atoms with E-state index in [-0.39, 0.29) is 40.7 Å². The van der Waals surface area contributed by atoms with Gasteiger partial charge in [-0.25, -0.2) is 12.8 Å². The predicted molar refractivity (Wildman–Crippen MR) is 173 cm³/mol. The summed E-state index contributed by atoms with van der Waals surface area (Å²) in [4.78, 5) is 17.4. The second-order valence-electron chi connectivity index (χ2n) is 11.7. The third-order valence-corrected chi connectivity index (χ3v) is 9.44. The summed E-state index contributed by atoms with van der Waals surface area (Å²) in [6, 6.07) is 27.3. The second kappa shape index (κ2) is 13.8. The maximum atomic E-state index is 13.8. The van der Waals surface area contributed by atoms with Gasteiger partial charge < -0.3 is 14.7 Å². The van der Waals surface area contributed by atoms with Gasteiger partial charge in [-0.05, 0) is 73.1 Å². The van der Waals surface area contributed by atoms with E-state index >= 15 is 0 Å².